The molecule has 0 aliphatic rings. The third-order valence-corrected chi connectivity index (χ3v) is 5.36. The van der Waals surface area contributed by atoms with E-state index in [1.165, 1.54) is 22.0 Å². The van der Waals surface area contributed by atoms with Gasteiger partial charge in [-0.05, 0) is 43.0 Å². The number of hydrogen-bond acceptors (Lipinski definition) is 4. The molecule has 158 valence electrons. The molecule has 0 saturated carbocycles. The van der Waals surface area contributed by atoms with Crippen molar-refractivity contribution in [3.05, 3.63) is 87.5 Å². The number of nitrogens with zero attached hydrogens (tertiary/aromatic N) is 4. The van der Waals surface area contributed by atoms with E-state index in [-0.39, 0.29) is 18.0 Å². The van der Waals surface area contributed by atoms with Crippen molar-refractivity contribution >= 4 is 11.4 Å². The van der Waals surface area contributed by atoms with Gasteiger partial charge in [-0.2, -0.15) is 10.2 Å². The first-order valence-electron chi connectivity index (χ1n) is 10.3. The van der Waals surface area contributed by atoms with Crippen molar-refractivity contribution in [2.24, 2.45) is 0 Å². The molecule has 31 heavy (non-hydrogen) atoms. The first-order valence-corrected chi connectivity index (χ1v) is 10.3. The molecule has 0 radical (unpaired) electrons. The second-order valence-electron chi connectivity index (χ2n) is 7.72. The Hall–Kier alpha value is -3.74. The Morgan fingerprint density at radius 3 is 2.48 bits per heavy atom. The highest BCUT2D eigenvalue weighted by Crippen LogP contribution is 2.23. The molecule has 2 heterocycles. The summed E-state index contributed by atoms with van der Waals surface area (Å²) in [5.74, 6) is -0.271. The zero-order valence-corrected chi connectivity index (χ0v) is 17.9. The number of fused-ring (bicyclic) bond motifs is 1. The molecule has 0 saturated heterocycles. The lowest BCUT2D eigenvalue weighted by atomic mass is 10.0. The summed E-state index contributed by atoms with van der Waals surface area (Å²) in [6.07, 6.45) is 2.43. The average Bonchev–Trinajstić information content (AvgIpc) is 3.19. The summed E-state index contributed by atoms with van der Waals surface area (Å²) in [4.78, 5) is 25.2. The lowest BCUT2D eigenvalue weighted by Gasteiger charge is -2.07. The van der Waals surface area contributed by atoms with Crippen molar-refractivity contribution in [3.8, 4) is 11.3 Å². The highest BCUT2D eigenvalue weighted by molar-refractivity contribution is 5.75. The van der Waals surface area contributed by atoms with Gasteiger partial charge in [0.05, 0.1) is 5.69 Å². The Kier molecular flexibility index (Phi) is 5.66. The van der Waals surface area contributed by atoms with E-state index in [9.17, 15) is 9.59 Å². The van der Waals surface area contributed by atoms with Crippen LogP contribution in [0.25, 0.3) is 16.8 Å². The van der Waals surface area contributed by atoms with Crippen LogP contribution in [0, 0.1) is 13.8 Å². The van der Waals surface area contributed by atoms with E-state index in [2.05, 4.69) is 40.6 Å². The molecule has 4 rings (SSSR count). The fraction of sp³-hybridized carbons (Fsp3) is 0.250. The van der Waals surface area contributed by atoms with Crippen LogP contribution in [0.2, 0.25) is 0 Å². The molecule has 0 fully saturated rings. The normalized spacial score (nSPS) is 11.1. The Morgan fingerprint density at radius 1 is 1.03 bits per heavy atom. The molecule has 0 spiro atoms. The largest absolute Gasteiger partial charge is 0.350 e. The summed E-state index contributed by atoms with van der Waals surface area (Å²) in [7, 11) is 0. The van der Waals surface area contributed by atoms with Crippen LogP contribution >= 0.6 is 0 Å². The number of rotatable bonds is 6. The van der Waals surface area contributed by atoms with Crippen molar-refractivity contribution in [1.29, 1.82) is 0 Å². The molecule has 0 atom stereocenters. The van der Waals surface area contributed by atoms with Crippen LogP contribution < -0.4 is 10.9 Å². The number of hydrogen-bond donors (Lipinski definition) is 1. The number of aryl methyl sites for hydroxylation is 3. The van der Waals surface area contributed by atoms with Gasteiger partial charge in [0.1, 0.15) is 18.4 Å². The first kappa shape index (κ1) is 20.5. The van der Waals surface area contributed by atoms with Crippen molar-refractivity contribution in [3.63, 3.8) is 0 Å². The van der Waals surface area contributed by atoms with Gasteiger partial charge in [0.25, 0.3) is 5.56 Å². The fourth-order valence-electron chi connectivity index (χ4n) is 3.57. The molecule has 0 unspecified atom stereocenters. The van der Waals surface area contributed by atoms with E-state index in [0.29, 0.717) is 17.8 Å². The van der Waals surface area contributed by atoms with Gasteiger partial charge in [0.15, 0.2) is 0 Å². The number of carbonyl (C=O) groups is 1. The number of carbonyl (C=O) groups excluding carboxylic acids is 1. The highest BCUT2D eigenvalue weighted by atomic mass is 16.2. The van der Waals surface area contributed by atoms with E-state index in [4.69, 9.17) is 0 Å². The SMILES string of the molecule is CCc1ccc(CNC(=O)Cn2ncn3nc(-c4ccc(C)cc4C)cc3c2=O)cc1. The van der Waals surface area contributed by atoms with Gasteiger partial charge in [0.2, 0.25) is 5.91 Å². The zero-order chi connectivity index (χ0) is 22.0. The zero-order valence-electron chi connectivity index (χ0n) is 17.9. The number of benzene rings is 2. The molecule has 2 aromatic heterocycles. The number of aromatic nitrogens is 4. The fourth-order valence-corrected chi connectivity index (χ4v) is 3.57. The first-order chi connectivity index (χ1) is 14.9. The molecule has 2 aromatic carbocycles. The summed E-state index contributed by atoms with van der Waals surface area (Å²) in [5.41, 5.74) is 6.21. The van der Waals surface area contributed by atoms with Crippen LogP contribution in [-0.4, -0.2) is 25.3 Å². The second kappa shape index (κ2) is 8.55. The van der Waals surface area contributed by atoms with Crippen molar-refractivity contribution in [1.82, 2.24) is 24.7 Å². The standard InChI is InChI=1S/C24H25N5O2/c1-4-18-6-8-19(9-7-18)13-25-23(30)14-28-24(31)22-12-21(27-29(22)15-26-28)20-10-5-16(2)11-17(20)3/h5-12,15H,4,13-14H2,1-3H3,(H,25,30). The second-order valence-corrected chi connectivity index (χ2v) is 7.72. The molecule has 7 heteroatoms. The monoisotopic (exact) mass is 415 g/mol. The van der Waals surface area contributed by atoms with Gasteiger partial charge < -0.3 is 5.32 Å². The summed E-state index contributed by atoms with van der Waals surface area (Å²) >= 11 is 0. The highest BCUT2D eigenvalue weighted by Gasteiger charge is 2.13. The maximum Gasteiger partial charge on any atom is 0.293 e. The van der Waals surface area contributed by atoms with Gasteiger partial charge in [-0.3, -0.25) is 9.59 Å². The lowest BCUT2D eigenvalue weighted by Crippen LogP contribution is -2.34. The lowest BCUT2D eigenvalue weighted by molar-refractivity contribution is -0.122. The van der Waals surface area contributed by atoms with Crippen molar-refractivity contribution in [2.45, 2.75) is 40.3 Å². The van der Waals surface area contributed by atoms with E-state index >= 15 is 0 Å². The summed E-state index contributed by atoms with van der Waals surface area (Å²) < 4.78 is 2.62. The molecule has 0 bridgehead atoms. The predicted octanol–water partition coefficient (Wildman–Crippen LogP) is 3.05. The minimum atomic E-state index is -0.353. The van der Waals surface area contributed by atoms with E-state index < -0.39 is 0 Å². The Morgan fingerprint density at radius 2 is 1.77 bits per heavy atom. The van der Waals surface area contributed by atoms with Gasteiger partial charge in [-0.15, -0.1) is 0 Å². The molecule has 4 aromatic rings. The predicted molar refractivity (Wildman–Crippen MR) is 120 cm³/mol. The van der Waals surface area contributed by atoms with Crippen LogP contribution in [0.5, 0.6) is 0 Å². The Bertz CT molecular complexity index is 1300. The quantitative estimate of drug-likeness (QED) is 0.525. The van der Waals surface area contributed by atoms with Gasteiger partial charge >= 0.3 is 0 Å². The summed E-state index contributed by atoms with van der Waals surface area (Å²) in [5, 5.41) is 11.4. The maximum atomic E-state index is 12.9. The number of nitrogens with one attached hydrogen (secondary N) is 1. The van der Waals surface area contributed by atoms with Crippen molar-refractivity contribution in [2.75, 3.05) is 0 Å². The molecular weight excluding hydrogens is 390 g/mol. The topological polar surface area (TPSA) is 81.3 Å². The molecule has 0 aliphatic carbocycles. The summed E-state index contributed by atoms with van der Waals surface area (Å²) in [6, 6.07) is 15.9. The maximum absolute atomic E-state index is 12.9. The minimum Gasteiger partial charge on any atom is -0.350 e. The van der Waals surface area contributed by atoms with Crippen LogP contribution in [-0.2, 0) is 24.3 Å². The van der Waals surface area contributed by atoms with Gasteiger partial charge in [-0.25, -0.2) is 9.20 Å². The smallest absolute Gasteiger partial charge is 0.293 e. The van der Waals surface area contributed by atoms with E-state index in [1.807, 2.05) is 38.1 Å². The third-order valence-electron chi connectivity index (χ3n) is 5.36. The van der Waals surface area contributed by atoms with Crippen molar-refractivity contribution < 1.29 is 4.79 Å². The summed E-state index contributed by atoms with van der Waals surface area (Å²) in [6.45, 7) is 6.41. The van der Waals surface area contributed by atoms with Gasteiger partial charge in [-0.1, -0.05) is 55.0 Å². The molecule has 1 amide bonds. The van der Waals surface area contributed by atoms with Gasteiger partial charge in [0, 0.05) is 12.1 Å². The third kappa shape index (κ3) is 4.40. The minimum absolute atomic E-state index is 0.146. The number of amides is 1. The molecule has 1 N–H and O–H groups in total. The van der Waals surface area contributed by atoms with Crippen LogP contribution in [0.15, 0.2) is 59.7 Å². The van der Waals surface area contributed by atoms with Crippen LogP contribution in [0.1, 0.15) is 29.2 Å². The van der Waals surface area contributed by atoms with Crippen LogP contribution in [0.3, 0.4) is 0 Å². The molecule has 0 aliphatic heterocycles. The molecular formula is C24H25N5O2. The molecule has 7 nitrogen and oxygen atoms in total. The Labute approximate surface area is 180 Å². The van der Waals surface area contributed by atoms with E-state index in [0.717, 1.165) is 27.8 Å². The van der Waals surface area contributed by atoms with E-state index in [1.54, 1.807) is 6.07 Å². The average molecular weight is 415 g/mol. The Balaban J connectivity index is 1.50. The van der Waals surface area contributed by atoms with Crippen LogP contribution in [0.4, 0.5) is 0 Å².